The van der Waals surface area contributed by atoms with E-state index in [2.05, 4.69) is 10.4 Å². The fourth-order valence-electron chi connectivity index (χ4n) is 3.47. The fraction of sp³-hybridized carbons (Fsp3) is 0.412. The van der Waals surface area contributed by atoms with Crippen molar-refractivity contribution in [3.63, 3.8) is 0 Å². The molecule has 0 aromatic heterocycles. The molecule has 3 rings (SSSR count). The van der Waals surface area contributed by atoms with Gasteiger partial charge in [0, 0.05) is 0 Å². The molecule has 0 amide bonds. The number of rotatable bonds is 3. The van der Waals surface area contributed by atoms with E-state index in [1.54, 1.807) is 0 Å². The van der Waals surface area contributed by atoms with Crippen LogP contribution >= 0.6 is 23.2 Å². The van der Waals surface area contributed by atoms with Gasteiger partial charge in [0.25, 0.3) is 0 Å². The molecule has 1 aromatic rings. The molecule has 0 bridgehead atoms. The third-order valence-electron chi connectivity index (χ3n) is 4.70. The van der Waals surface area contributed by atoms with Gasteiger partial charge in [-0.15, -0.1) is 0 Å². The molecule has 1 atom stereocenters. The number of fused-ring (bicyclic) bond motifs is 1. The first-order valence-corrected chi connectivity index (χ1v) is 9.67. The fourth-order valence-corrected chi connectivity index (χ4v) is 4.12. The maximum atomic E-state index is 13.7. The van der Waals surface area contributed by atoms with E-state index in [4.69, 9.17) is 28.6 Å². The van der Waals surface area contributed by atoms with Crippen LogP contribution in [0.25, 0.3) is 0 Å². The molecule has 2 aliphatic heterocycles. The van der Waals surface area contributed by atoms with E-state index in [0.29, 0.717) is 17.1 Å². The van der Waals surface area contributed by atoms with Crippen LogP contribution in [0.15, 0.2) is 28.4 Å². The molecule has 0 radical (unpaired) electrons. The average Bonchev–Trinajstić information content (AvgIpc) is 2.91. The first-order valence-electron chi connectivity index (χ1n) is 8.91. The van der Waals surface area contributed by atoms with Crippen molar-refractivity contribution in [3.8, 4) is 0 Å². The largest absolute Gasteiger partial charge is 0.449 e. The molecule has 1 fully saturated rings. The van der Waals surface area contributed by atoms with Crippen molar-refractivity contribution in [2.24, 2.45) is 4.99 Å². The number of halogens is 11. The number of nitrogens with zero attached hydrogens (tertiary/aromatic N) is 2. The lowest BCUT2D eigenvalue weighted by Crippen LogP contribution is -2.54. The third kappa shape index (κ3) is 4.47. The van der Waals surface area contributed by atoms with Crippen LogP contribution in [0.5, 0.6) is 0 Å². The summed E-state index contributed by atoms with van der Waals surface area (Å²) in [5, 5.41) is 8.53. The van der Waals surface area contributed by atoms with Gasteiger partial charge in [-0.2, -0.15) is 44.9 Å². The van der Waals surface area contributed by atoms with Crippen molar-refractivity contribution in [2.75, 3.05) is 5.01 Å². The zero-order valence-corrected chi connectivity index (χ0v) is 17.6. The monoisotopic (exact) mass is 527 g/mol. The van der Waals surface area contributed by atoms with Crippen molar-refractivity contribution < 1.29 is 39.5 Å². The lowest BCUT2D eigenvalue weighted by Gasteiger charge is -2.34. The van der Waals surface area contributed by atoms with Crippen molar-refractivity contribution in [1.29, 1.82) is 5.41 Å². The van der Waals surface area contributed by atoms with E-state index in [-0.39, 0.29) is 6.42 Å². The van der Waals surface area contributed by atoms with E-state index in [0.717, 1.165) is 0 Å². The summed E-state index contributed by atoms with van der Waals surface area (Å²) in [6, 6.07) is 0.849. The molecule has 3 N–H and O–H groups in total. The Bertz CT molecular complexity index is 1040. The van der Waals surface area contributed by atoms with Gasteiger partial charge in [0.15, 0.2) is 5.66 Å². The zero-order valence-electron chi connectivity index (χ0n) is 16.1. The molecule has 33 heavy (non-hydrogen) atoms. The van der Waals surface area contributed by atoms with Gasteiger partial charge in [-0.3, -0.25) is 10.4 Å². The van der Waals surface area contributed by atoms with Crippen LogP contribution in [0.4, 0.5) is 45.2 Å². The second-order valence-corrected chi connectivity index (χ2v) is 7.84. The molecule has 16 heteroatoms. The Morgan fingerprint density at radius 1 is 0.970 bits per heavy atom. The summed E-state index contributed by atoms with van der Waals surface area (Å²) in [5.74, 6) is -3.00. The Labute approximate surface area is 189 Å². The number of aliphatic imine (C=N–C) groups is 1. The molecule has 2 aliphatic rings. The lowest BCUT2D eigenvalue weighted by atomic mass is 9.92. The van der Waals surface area contributed by atoms with Crippen LogP contribution in [0.2, 0.25) is 10.0 Å². The van der Waals surface area contributed by atoms with Gasteiger partial charge in [-0.1, -0.05) is 36.5 Å². The highest BCUT2D eigenvalue weighted by Crippen LogP contribution is 2.47. The van der Waals surface area contributed by atoms with Crippen LogP contribution in [0.1, 0.15) is 25.3 Å². The van der Waals surface area contributed by atoms with E-state index in [1.165, 1.54) is 12.2 Å². The van der Waals surface area contributed by atoms with Crippen molar-refractivity contribution >= 4 is 40.6 Å². The standard InChI is InChI=1S/C17H12Cl2F9N5/c1-2-3-14-9(11(16(23,24)25)30-13(31-14)17(26,27)28)12(29)33(32-14)10-7(18)4-6(5-8(10)19)15(20,21)22/h4-5,29,32H,2-3H2,1H3,(H,30,31). The summed E-state index contributed by atoms with van der Waals surface area (Å²) in [6.07, 6.45) is -15.9. The molecular weight excluding hydrogens is 516 g/mol. The Hall–Kier alpha value is -2.19. The first-order chi connectivity index (χ1) is 14.9. The minimum atomic E-state index is -5.36. The summed E-state index contributed by atoms with van der Waals surface area (Å²) >= 11 is 11.8. The molecule has 182 valence electrons. The number of allylic oxidation sites excluding steroid dienone is 1. The highest BCUT2D eigenvalue weighted by molar-refractivity contribution is 6.40. The van der Waals surface area contributed by atoms with Gasteiger partial charge in [0.2, 0.25) is 5.84 Å². The van der Waals surface area contributed by atoms with Gasteiger partial charge in [0.1, 0.15) is 11.5 Å². The summed E-state index contributed by atoms with van der Waals surface area (Å²) < 4.78 is 120. The summed E-state index contributed by atoms with van der Waals surface area (Å²) in [7, 11) is 0. The number of nitrogens with one attached hydrogen (secondary N) is 3. The molecule has 1 aromatic carbocycles. The minimum absolute atomic E-state index is 0.0197. The van der Waals surface area contributed by atoms with Gasteiger partial charge in [-0.25, -0.2) is 4.99 Å². The van der Waals surface area contributed by atoms with E-state index < -0.39 is 74.9 Å². The quantitative estimate of drug-likeness (QED) is 0.410. The normalized spacial score (nSPS) is 21.9. The third-order valence-corrected chi connectivity index (χ3v) is 5.27. The number of alkyl halides is 9. The molecule has 0 aliphatic carbocycles. The highest BCUT2D eigenvalue weighted by atomic mass is 35.5. The number of amidine groups is 2. The number of hydrazine groups is 1. The number of anilines is 1. The maximum Gasteiger partial charge on any atom is 0.449 e. The molecule has 5 nitrogen and oxygen atoms in total. The smallest absolute Gasteiger partial charge is 0.332 e. The van der Waals surface area contributed by atoms with Crippen molar-refractivity contribution in [3.05, 3.63) is 39.0 Å². The van der Waals surface area contributed by atoms with Crippen LogP contribution in [0, 0.1) is 5.41 Å². The minimum Gasteiger partial charge on any atom is -0.332 e. The summed E-state index contributed by atoms with van der Waals surface area (Å²) in [5.41, 5.74) is -4.84. The number of benzene rings is 1. The number of hydrogen-bond acceptors (Lipinski definition) is 4. The molecule has 1 saturated heterocycles. The molecule has 0 saturated carbocycles. The second-order valence-electron chi connectivity index (χ2n) is 7.02. The summed E-state index contributed by atoms with van der Waals surface area (Å²) in [4.78, 5) is 3.41. The van der Waals surface area contributed by atoms with Crippen molar-refractivity contribution in [2.45, 2.75) is 44.0 Å². The van der Waals surface area contributed by atoms with Crippen LogP contribution < -0.4 is 15.8 Å². The Morgan fingerprint density at radius 3 is 1.94 bits per heavy atom. The molecule has 2 heterocycles. The van der Waals surface area contributed by atoms with E-state index in [9.17, 15) is 39.5 Å². The lowest BCUT2D eigenvalue weighted by molar-refractivity contribution is -0.137. The SMILES string of the molecule is CCCC12N=C(C(F)(F)F)NC(C(F)(F)F)=C1C(=N)N(c1c(Cl)cc(C(F)(F)F)cc1Cl)N2. The molecular formula is C17H12Cl2F9N5. The van der Waals surface area contributed by atoms with Crippen LogP contribution in [0.3, 0.4) is 0 Å². The zero-order chi connectivity index (χ0) is 25.1. The Kier molecular flexibility index (Phi) is 6.12. The van der Waals surface area contributed by atoms with Gasteiger partial charge in [-0.05, 0) is 18.6 Å². The molecule has 1 unspecified atom stereocenters. The summed E-state index contributed by atoms with van der Waals surface area (Å²) in [6.45, 7) is 1.45. The second kappa shape index (κ2) is 7.94. The van der Waals surface area contributed by atoms with Gasteiger partial charge in [0.05, 0.1) is 26.9 Å². The van der Waals surface area contributed by atoms with Crippen LogP contribution in [-0.2, 0) is 6.18 Å². The number of hydrogen-bond donors (Lipinski definition) is 3. The van der Waals surface area contributed by atoms with Gasteiger partial charge >= 0.3 is 18.5 Å². The predicted octanol–water partition coefficient (Wildman–Crippen LogP) is 6.19. The first kappa shape index (κ1) is 25.4. The van der Waals surface area contributed by atoms with Crippen molar-refractivity contribution in [1.82, 2.24) is 10.7 Å². The Morgan fingerprint density at radius 2 is 1.52 bits per heavy atom. The molecule has 0 spiro atoms. The van der Waals surface area contributed by atoms with E-state index in [1.807, 2.05) is 0 Å². The topological polar surface area (TPSA) is 63.5 Å². The highest BCUT2D eigenvalue weighted by Gasteiger charge is 2.58. The maximum absolute atomic E-state index is 13.7. The Balaban J connectivity index is 2.26. The van der Waals surface area contributed by atoms with Crippen LogP contribution in [-0.4, -0.2) is 29.7 Å². The van der Waals surface area contributed by atoms with Gasteiger partial charge < -0.3 is 5.32 Å². The predicted molar refractivity (Wildman–Crippen MR) is 102 cm³/mol. The average molecular weight is 528 g/mol. The van der Waals surface area contributed by atoms with E-state index >= 15 is 0 Å².